The van der Waals surface area contributed by atoms with E-state index in [0.717, 1.165) is 37.6 Å². The van der Waals surface area contributed by atoms with Crippen LogP contribution in [0.15, 0.2) is 18.2 Å². The van der Waals surface area contributed by atoms with Crippen molar-refractivity contribution in [3.63, 3.8) is 0 Å². The standard InChI is InChI=1S/C12H14FN3O3/c13-11-4-3-9(16(18)19)6-10(11)12(17)15-8-2-1-5-14-7-8/h3-4,6,8,14H,1-2,5,7H2,(H,15,17). The number of hydrogen-bond donors (Lipinski definition) is 2. The topological polar surface area (TPSA) is 84.3 Å². The van der Waals surface area contributed by atoms with Crippen LogP contribution in [0, 0.1) is 15.9 Å². The van der Waals surface area contributed by atoms with Crippen molar-refractivity contribution in [2.45, 2.75) is 18.9 Å². The van der Waals surface area contributed by atoms with Crippen LogP contribution in [0.1, 0.15) is 23.2 Å². The fourth-order valence-corrected chi connectivity index (χ4v) is 2.04. The van der Waals surface area contributed by atoms with Crippen molar-refractivity contribution in [2.24, 2.45) is 0 Å². The second-order valence-corrected chi connectivity index (χ2v) is 4.44. The summed E-state index contributed by atoms with van der Waals surface area (Å²) in [5.74, 6) is -1.37. The lowest BCUT2D eigenvalue weighted by Gasteiger charge is -2.23. The first-order valence-electron chi connectivity index (χ1n) is 6.03. The van der Waals surface area contributed by atoms with Gasteiger partial charge in [0.1, 0.15) is 5.82 Å². The lowest BCUT2D eigenvalue weighted by molar-refractivity contribution is -0.384. The van der Waals surface area contributed by atoms with Gasteiger partial charge < -0.3 is 10.6 Å². The molecule has 2 rings (SSSR count). The number of rotatable bonds is 3. The molecule has 1 fully saturated rings. The van der Waals surface area contributed by atoms with Gasteiger partial charge in [-0.05, 0) is 25.5 Å². The Bertz CT molecular complexity index is 501. The number of amides is 1. The molecule has 0 bridgehead atoms. The average molecular weight is 267 g/mol. The third kappa shape index (κ3) is 3.25. The lowest BCUT2D eigenvalue weighted by Crippen LogP contribution is -2.45. The molecule has 1 saturated heterocycles. The van der Waals surface area contributed by atoms with E-state index in [-0.39, 0.29) is 17.3 Å². The second-order valence-electron chi connectivity index (χ2n) is 4.44. The van der Waals surface area contributed by atoms with Crippen molar-refractivity contribution in [3.8, 4) is 0 Å². The zero-order valence-corrected chi connectivity index (χ0v) is 10.2. The molecule has 1 aliphatic rings. The van der Waals surface area contributed by atoms with Crippen molar-refractivity contribution in [3.05, 3.63) is 39.7 Å². The van der Waals surface area contributed by atoms with Crippen LogP contribution < -0.4 is 10.6 Å². The average Bonchev–Trinajstić information content (AvgIpc) is 2.40. The smallest absolute Gasteiger partial charge is 0.270 e. The predicted molar refractivity (Wildman–Crippen MR) is 66.4 cm³/mol. The first-order chi connectivity index (χ1) is 9.08. The van der Waals surface area contributed by atoms with Gasteiger partial charge >= 0.3 is 0 Å². The Hall–Kier alpha value is -2.02. The van der Waals surface area contributed by atoms with Gasteiger partial charge in [0.25, 0.3) is 11.6 Å². The van der Waals surface area contributed by atoms with E-state index in [1.165, 1.54) is 0 Å². The van der Waals surface area contributed by atoms with Crippen molar-refractivity contribution in [2.75, 3.05) is 13.1 Å². The van der Waals surface area contributed by atoms with E-state index in [4.69, 9.17) is 0 Å². The molecule has 2 N–H and O–H groups in total. The summed E-state index contributed by atoms with van der Waals surface area (Å²) in [6.45, 7) is 1.53. The largest absolute Gasteiger partial charge is 0.348 e. The number of nitrogens with one attached hydrogen (secondary N) is 2. The summed E-state index contributed by atoms with van der Waals surface area (Å²) >= 11 is 0. The lowest BCUT2D eigenvalue weighted by atomic mass is 10.1. The van der Waals surface area contributed by atoms with E-state index in [9.17, 15) is 19.3 Å². The first-order valence-corrected chi connectivity index (χ1v) is 6.03. The Balaban J connectivity index is 2.13. The molecule has 1 aromatic rings. The van der Waals surface area contributed by atoms with Crippen LogP contribution in [-0.4, -0.2) is 30.0 Å². The molecule has 0 saturated carbocycles. The highest BCUT2D eigenvalue weighted by Gasteiger charge is 2.20. The molecule has 0 radical (unpaired) electrons. The first kappa shape index (κ1) is 13.4. The SMILES string of the molecule is O=C(NC1CCCNC1)c1cc([N+](=O)[O-])ccc1F. The third-order valence-electron chi connectivity index (χ3n) is 3.04. The molecule has 0 aromatic heterocycles. The van der Waals surface area contributed by atoms with Crippen LogP contribution >= 0.6 is 0 Å². The van der Waals surface area contributed by atoms with E-state index in [1.54, 1.807) is 0 Å². The molecule has 1 atom stereocenters. The molecular weight excluding hydrogens is 253 g/mol. The van der Waals surface area contributed by atoms with Crippen molar-refractivity contribution < 1.29 is 14.1 Å². The Morgan fingerprint density at radius 1 is 1.53 bits per heavy atom. The fourth-order valence-electron chi connectivity index (χ4n) is 2.04. The molecular formula is C12H14FN3O3. The van der Waals surface area contributed by atoms with Crippen LogP contribution in [0.5, 0.6) is 0 Å². The van der Waals surface area contributed by atoms with Crippen LogP contribution in [0.3, 0.4) is 0 Å². The summed E-state index contributed by atoms with van der Waals surface area (Å²) in [6.07, 6.45) is 1.75. The maximum absolute atomic E-state index is 13.5. The fraction of sp³-hybridized carbons (Fsp3) is 0.417. The van der Waals surface area contributed by atoms with Gasteiger partial charge in [-0.3, -0.25) is 14.9 Å². The minimum absolute atomic E-state index is 0.0695. The quantitative estimate of drug-likeness (QED) is 0.637. The van der Waals surface area contributed by atoms with Gasteiger partial charge in [-0.15, -0.1) is 0 Å². The summed E-state index contributed by atoms with van der Waals surface area (Å²) < 4.78 is 13.5. The number of carbonyl (C=O) groups is 1. The van der Waals surface area contributed by atoms with E-state index in [2.05, 4.69) is 10.6 Å². The summed E-state index contributed by atoms with van der Waals surface area (Å²) in [4.78, 5) is 21.9. The van der Waals surface area contributed by atoms with Gasteiger partial charge in [0.15, 0.2) is 0 Å². The van der Waals surface area contributed by atoms with Gasteiger partial charge in [-0.1, -0.05) is 0 Å². The maximum Gasteiger partial charge on any atom is 0.270 e. The number of nitro groups is 1. The predicted octanol–water partition coefficient (Wildman–Crippen LogP) is 1.22. The molecule has 0 aliphatic carbocycles. The Morgan fingerprint density at radius 3 is 2.95 bits per heavy atom. The summed E-state index contributed by atoms with van der Waals surface area (Å²) in [5, 5.41) is 16.4. The summed E-state index contributed by atoms with van der Waals surface area (Å²) in [7, 11) is 0. The number of piperidine rings is 1. The molecule has 1 heterocycles. The molecule has 1 aromatic carbocycles. The Labute approximate surface area is 109 Å². The van der Waals surface area contributed by atoms with Crippen molar-refractivity contribution in [1.29, 1.82) is 0 Å². The van der Waals surface area contributed by atoms with Crippen LogP contribution in [0.4, 0.5) is 10.1 Å². The zero-order chi connectivity index (χ0) is 13.8. The zero-order valence-electron chi connectivity index (χ0n) is 10.2. The molecule has 7 heteroatoms. The second kappa shape index (κ2) is 5.75. The highest BCUT2D eigenvalue weighted by Crippen LogP contribution is 2.17. The number of halogens is 1. The van der Waals surface area contributed by atoms with Gasteiger partial charge in [0.2, 0.25) is 0 Å². The number of benzene rings is 1. The summed E-state index contributed by atoms with van der Waals surface area (Å²) in [6, 6.07) is 2.86. The number of hydrogen-bond acceptors (Lipinski definition) is 4. The van der Waals surface area contributed by atoms with Gasteiger partial charge in [-0.25, -0.2) is 4.39 Å². The Kier molecular flexibility index (Phi) is 4.06. The number of non-ortho nitro benzene ring substituents is 1. The van der Waals surface area contributed by atoms with Crippen molar-refractivity contribution in [1.82, 2.24) is 10.6 Å². The molecule has 19 heavy (non-hydrogen) atoms. The van der Waals surface area contributed by atoms with E-state index in [0.29, 0.717) is 6.54 Å². The molecule has 1 amide bonds. The summed E-state index contributed by atoms with van der Waals surface area (Å²) in [5.41, 5.74) is -0.590. The van der Waals surface area contributed by atoms with Gasteiger partial charge in [0, 0.05) is 24.7 Å². The highest BCUT2D eigenvalue weighted by molar-refractivity contribution is 5.95. The molecule has 1 unspecified atom stereocenters. The highest BCUT2D eigenvalue weighted by atomic mass is 19.1. The van der Waals surface area contributed by atoms with Gasteiger partial charge in [-0.2, -0.15) is 0 Å². The molecule has 0 spiro atoms. The molecule has 1 aliphatic heterocycles. The molecule has 6 nitrogen and oxygen atoms in total. The number of nitro benzene ring substituents is 1. The van der Waals surface area contributed by atoms with E-state index in [1.807, 2.05) is 0 Å². The maximum atomic E-state index is 13.5. The number of carbonyl (C=O) groups excluding carboxylic acids is 1. The third-order valence-corrected chi connectivity index (χ3v) is 3.04. The van der Waals surface area contributed by atoms with Gasteiger partial charge in [0.05, 0.1) is 10.5 Å². The Morgan fingerprint density at radius 2 is 2.32 bits per heavy atom. The number of nitrogens with zero attached hydrogens (tertiary/aromatic N) is 1. The van der Waals surface area contributed by atoms with E-state index >= 15 is 0 Å². The monoisotopic (exact) mass is 267 g/mol. The van der Waals surface area contributed by atoms with Crippen LogP contribution in [0.2, 0.25) is 0 Å². The van der Waals surface area contributed by atoms with Crippen LogP contribution in [0.25, 0.3) is 0 Å². The minimum atomic E-state index is -0.758. The minimum Gasteiger partial charge on any atom is -0.348 e. The normalized spacial score (nSPS) is 18.9. The molecule has 102 valence electrons. The van der Waals surface area contributed by atoms with Crippen LogP contribution in [-0.2, 0) is 0 Å². The van der Waals surface area contributed by atoms with Crippen molar-refractivity contribution >= 4 is 11.6 Å². The van der Waals surface area contributed by atoms with E-state index < -0.39 is 16.6 Å².